The molecule has 2 nitrogen and oxygen atoms in total. The Morgan fingerprint density at radius 1 is 0.290 bits per heavy atom. The molecule has 0 fully saturated rings. The van der Waals surface area contributed by atoms with E-state index in [0.717, 1.165) is 61.3 Å². The molecule has 1 heterocycles. The van der Waals surface area contributed by atoms with Gasteiger partial charge in [0.25, 0.3) is 0 Å². The highest BCUT2D eigenvalue weighted by molar-refractivity contribution is 6.11. The molecule has 0 amide bonds. The van der Waals surface area contributed by atoms with Gasteiger partial charge in [-0.05, 0) is 120 Å². The predicted octanol–water partition coefficient (Wildman–Crippen LogP) is 18.1. The first-order valence-electron chi connectivity index (χ1n) is 23.8. The normalized spacial score (nSPS) is 12.8. The van der Waals surface area contributed by atoms with Crippen LogP contribution in [0.5, 0.6) is 0 Å². The second-order valence-corrected chi connectivity index (χ2v) is 18.3. The number of furan rings is 1. The van der Waals surface area contributed by atoms with Crippen molar-refractivity contribution in [3.05, 3.63) is 283 Å². The topological polar surface area (TPSA) is 16.4 Å². The van der Waals surface area contributed by atoms with Crippen molar-refractivity contribution >= 4 is 39.0 Å². The summed E-state index contributed by atoms with van der Waals surface area (Å²) in [7, 11) is 0. The molecule has 0 bridgehead atoms. The summed E-state index contributed by atoms with van der Waals surface area (Å²) in [6.45, 7) is 0. The monoisotopic (exact) mass is 877 g/mol. The van der Waals surface area contributed by atoms with Crippen molar-refractivity contribution < 1.29 is 4.42 Å². The smallest absolute Gasteiger partial charge is 0.143 e. The minimum absolute atomic E-state index is 0.464. The molecule has 0 atom stereocenters. The van der Waals surface area contributed by atoms with Crippen LogP contribution in [0.4, 0.5) is 17.1 Å². The Hall–Kier alpha value is -8.98. The number of nitrogens with zero attached hydrogens (tertiary/aromatic N) is 1. The molecular formula is C67H43NO. The first-order chi connectivity index (χ1) is 34.2. The van der Waals surface area contributed by atoms with E-state index in [9.17, 15) is 0 Å². The van der Waals surface area contributed by atoms with Crippen LogP contribution in [0.3, 0.4) is 0 Å². The van der Waals surface area contributed by atoms with E-state index in [1.807, 2.05) is 0 Å². The molecule has 0 unspecified atom stereocenters. The third kappa shape index (κ3) is 5.92. The van der Waals surface area contributed by atoms with E-state index < -0.39 is 5.41 Å². The fraction of sp³-hybridized carbons (Fsp3) is 0.0149. The van der Waals surface area contributed by atoms with Gasteiger partial charge in [0, 0.05) is 33.3 Å². The first-order valence-corrected chi connectivity index (χ1v) is 23.8. The largest absolute Gasteiger partial charge is 0.455 e. The molecule has 0 radical (unpaired) electrons. The number of hydrogen-bond acceptors (Lipinski definition) is 2. The van der Waals surface area contributed by atoms with Crippen molar-refractivity contribution in [3.63, 3.8) is 0 Å². The number of para-hydroxylation sites is 1. The summed E-state index contributed by atoms with van der Waals surface area (Å²) in [6, 6.07) is 95.5. The molecule has 1 spiro atoms. The molecule has 2 heteroatoms. The Balaban J connectivity index is 0.973. The van der Waals surface area contributed by atoms with Gasteiger partial charge < -0.3 is 9.32 Å². The van der Waals surface area contributed by atoms with Gasteiger partial charge in [0.15, 0.2) is 0 Å². The van der Waals surface area contributed by atoms with E-state index in [4.69, 9.17) is 4.42 Å². The lowest BCUT2D eigenvalue weighted by molar-refractivity contribution is 0.670. The van der Waals surface area contributed by atoms with E-state index in [1.165, 1.54) is 66.8 Å². The van der Waals surface area contributed by atoms with E-state index in [1.54, 1.807) is 0 Å². The summed E-state index contributed by atoms with van der Waals surface area (Å²) in [4.78, 5) is 2.49. The maximum absolute atomic E-state index is 6.58. The highest BCUT2D eigenvalue weighted by atomic mass is 16.3. The zero-order valence-corrected chi connectivity index (χ0v) is 37.7. The molecule has 69 heavy (non-hydrogen) atoms. The molecule has 11 aromatic carbocycles. The standard InChI is InChI=1S/C67H43NO/c1-4-18-45(19-5-1)51-40-39-50(43-57(51)47-22-8-3-9-23-47)68(49-37-34-44(35-38-49)48-36-41-64-58(42-48)55-28-16-27-52(66(55)69-64)46-20-6-2-7-21-46)63-33-17-32-62-65(63)56-26-12-15-31-61(56)67(62)59-29-13-10-24-53(59)54-25-11-14-30-60(54)67/h1-43H. The van der Waals surface area contributed by atoms with Gasteiger partial charge in [-0.3, -0.25) is 0 Å². The Bertz CT molecular complexity index is 3900. The molecule has 0 N–H and O–H groups in total. The molecule has 0 saturated heterocycles. The van der Waals surface area contributed by atoms with Gasteiger partial charge in [-0.15, -0.1) is 0 Å². The molecule has 14 rings (SSSR count). The van der Waals surface area contributed by atoms with Crippen LogP contribution in [0.1, 0.15) is 22.3 Å². The minimum Gasteiger partial charge on any atom is -0.455 e. The maximum Gasteiger partial charge on any atom is 0.143 e. The summed E-state index contributed by atoms with van der Waals surface area (Å²) < 4.78 is 6.58. The highest BCUT2D eigenvalue weighted by Crippen LogP contribution is 2.64. The van der Waals surface area contributed by atoms with E-state index in [2.05, 4.69) is 266 Å². The molecule has 322 valence electrons. The van der Waals surface area contributed by atoms with E-state index in [0.29, 0.717) is 0 Å². The van der Waals surface area contributed by atoms with Crippen molar-refractivity contribution in [1.29, 1.82) is 0 Å². The van der Waals surface area contributed by atoms with E-state index in [-0.39, 0.29) is 0 Å². The van der Waals surface area contributed by atoms with Crippen molar-refractivity contribution in [2.24, 2.45) is 0 Å². The lowest BCUT2D eigenvalue weighted by atomic mass is 9.70. The van der Waals surface area contributed by atoms with Gasteiger partial charge in [0.2, 0.25) is 0 Å². The predicted molar refractivity (Wildman–Crippen MR) is 286 cm³/mol. The van der Waals surface area contributed by atoms with Crippen LogP contribution >= 0.6 is 0 Å². The zero-order valence-electron chi connectivity index (χ0n) is 37.7. The third-order valence-corrected chi connectivity index (χ3v) is 14.7. The third-order valence-electron chi connectivity index (χ3n) is 14.7. The highest BCUT2D eigenvalue weighted by Gasteiger charge is 2.52. The lowest BCUT2D eigenvalue weighted by Gasteiger charge is -2.32. The Kier molecular flexibility index (Phi) is 8.84. The fourth-order valence-corrected chi connectivity index (χ4v) is 11.8. The molecular weight excluding hydrogens is 835 g/mol. The van der Waals surface area contributed by atoms with Crippen molar-refractivity contribution in [2.45, 2.75) is 5.41 Å². The number of anilines is 3. The van der Waals surface area contributed by atoms with Crippen molar-refractivity contribution in [3.8, 4) is 66.8 Å². The van der Waals surface area contributed by atoms with Crippen LogP contribution in [0.25, 0.3) is 88.7 Å². The molecule has 1 aromatic heterocycles. The van der Waals surface area contributed by atoms with Crippen LogP contribution in [-0.4, -0.2) is 0 Å². The van der Waals surface area contributed by atoms with Crippen LogP contribution < -0.4 is 4.90 Å². The number of hydrogen-bond donors (Lipinski definition) is 0. The minimum atomic E-state index is -0.464. The second-order valence-electron chi connectivity index (χ2n) is 18.3. The summed E-state index contributed by atoms with van der Waals surface area (Å²) in [5.74, 6) is 0. The van der Waals surface area contributed by atoms with Crippen LogP contribution in [0, 0.1) is 0 Å². The van der Waals surface area contributed by atoms with Gasteiger partial charge in [0.05, 0.1) is 11.1 Å². The average Bonchev–Trinajstić information content (AvgIpc) is 4.06. The Labute approximate surface area is 401 Å². The average molecular weight is 878 g/mol. The van der Waals surface area contributed by atoms with Gasteiger partial charge in [-0.2, -0.15) is 0 Å². The number of fused-ring (bicyclic) bond motifs is 13. The summed E-state index contributed by atoms with van der Waals surface area (Å²) in [5, 5.41) is 2.23. The molecule has 12 aromatic rings. The van der Waals surface area contributed by atoms with Gasteiger partial charge in [-0.25, -0.2) is 0 Å². The van der Waals surface area contributed by atoms with Crippen molar-refractivity contribution in [1.82, 2.24) is 0 Å². The summed E-state index contributed by atoms with van der Waals surface area (Å²) in [6.07, 6.45) is 0. The van der Waals surface area contributed by atoms with Crippen molar-refractivity contribution in [2.75, 3.05) is 4.90 Å². The summed E-state index contributed by atoms with van der Waals surface area (Å²) in [5.41, 5.74) is 24.3. The maximum atomic E-state index is 6.58. The fourth-order valence-electron chi connectivity index (χ4n) is 11.8. The van der Waals surface area contributed by atoms with Gasteiger partial charge >= 0.3 is 0 Å². The van der Waals surface area contributed by atoms with Crippen LogP contribution in [-0.2, 0) is 5.41 Å². The zero-order chi connectivity index (χ0) is 45.5. The second kappa shape index (κ2) is 15.6. The van der Waals surface area contributed by atoms with Gasteiger partial charge in [-0.1, -0.05) is 218 Å². The number of benzene rings is 11. The van der Waals surface area contributed by atoms with Crippen LogP contribution in [0.15, 0.2) is 265 Å². The number of rotatable bonds is 7. The van der Waals surface area contributed by atoms with E-state index >= 15 is 0 Å². The Morgan fingerprint density at radius 2 is 0.797 bits per heavy atom. The molecule has 0 saturated carbocycles. The first kappa shape index (κ1) is 39.2. The molecule has 2 aliphatic carbocycles. The SMILES string of the molecule is c1ccc(-c2ccc(N(c3ccc(-c4ccc5oc6c(-c7ccccc7)cccc6c5c4)cc3)c3cccc4c3-c3ccccc3C43c4ccccc4-c4ccccc43)cc2-c2ccccc2)cc1. The Morgan fingerprint density at radius 3 is 1.46 bits per heavy atom. The molecule has 0 aliphatic heterocycles. The summed E-state index contributed by atoms with van der Waals surface area (Å²) >= 11 is 0. The van der Waals surface area contributed by atoms with Crippen LogP contribution in [0.2, 0.25) is 0 Å². The molecule has 2 aliphatic rings. The van der Waals surface area contributed by atoms with Gasteiger partial charge in [0.1, 0.15) is 11.2 Å². The lowest BCUT2D eigenvalue weighted by Crippen LogP contribution is -2.26. The quantitative estimate of drug-likeness (QED) is 0.159.